The molecular weight excluding hydrogens is 699 g/mol. The van der Waals surface area contributed by atoms with Gasteiger partial charge in [-0.2, -0.15) is 0 Å². The van der Waals surface area contributed by atoms with Crippen molar-refractivity contribution in [2.45, 2.75) is 19.3 Å². The lowest BCUT2D eigenvalue weighted by Crippen LogP contribution is -2.14. The lowest BCUT2D eigenvalue weighted by Gasteiger charge is -2.29. The lowest BCUT2D eigenvalue weighted by molar-refractivity contribution is 0.660. The fourth-order valence-corrected chi connectivity index (χ4v) is 9.49. The summed E-state index contributed by atoms with van der Waals surface area (Å²) in [7, 11) is 0. The topological polar surface area (TPSA) is 3.24 Å². The van der Waals surface area contributed by atoms with Gasteiger partial charge in [0.2, 0.25) is 0 Å². The average Bonchev–Trinajstić information content (AvgIpc) is 3.51. The number of hydrogen-bond donors (Lipinski definition) is 0. The Kier molecular flexibility index (Phi) is 7.91. The molecule has 0 atom stereocenters. The molecule has 0 saturated carbocycles. The molecule has 1 heteroatoms. The Bertz CT molecular complexity index is 3200. The molecule has 1 aliphatic rings. The molecule has 10 aromatic carbocycles. The van der Waals surface area contributed by atoms with E-state index in [1.165, 1.54) is 88.0 Å². The number of nitrogens with zero attached hydrogens (tertiary/aromatic N) is 1. The summed E-state index contributed by atoms with van der Waals surface area (Å²) in [6.45, 7) is 4.70. The minimum atomic E-state index is -0.0491. The summed E-state index contributed by atoms with van der Waals surface area (Å²) < 4.78 is 0. The predicted molar refractivity (Wildman–Crippen MR) is 248 cm³/mol. The van der Waals surface area contributed by atoms with E-state index in [2.05, 4.69) is 231 Å². The maximum atomic E-state index is 2.43. The van der Waals surface area contributed by atoms with Gasteiger partial charge in [0.15, 0.2) is 0 Å². The zero-order valence-electron chi connectivity index (χ0n) is 32.7. The van der Waals surface area contributed by atoms with Gasteiger partial charge in [-0.25, -0.2) is 0 Å². The first-order valence-electron chi connectivity index (χ1n) is 20.3. The Balaban J connectivity index is 1.06. The first kappa shape index (κ1) is 34.1. The van der Waals surface area contributed by atoms with Crippen molar-refractivity contribution in [2.24, 2.45) is 0 Å². The van der Waals surface area contributed by atoms with Crippen LogP contribution < -0.4 is 4.90 Å². The van der Waals surface area contributed by atoms with Crippen LogP contribution in [0.1, 0.15) is 25.0 Å². The highest BCUT2D eigenvalue weighted by Gasteiger charge is 2.35. The van der Waals surface area contributed by atoms with Crippen LogP contribution in [0.25, 0.3) is 76.8 Å². The summed E-state index contributed by atoms with van der Waals surface area (Å²) in [5.41, 5.74) is 16.0. The SMILES string of the molecule is CC1(C)c2ccccc2-c2ccc(-c3ccc(N(c4cccc(-c5cc6ccccc6c6ccccc56)c4)c4ccccc4-c4ccc5ccccc5c4)cc3)cc21. The Morgan fingerprint density at radius 1 is 0.310 bits per heavy atom. The number of para-hydroxylation sites is 1. The molecule has 58 heavy (non-hydrogen) atoms. The molecule has 0 saturated heterocycles. The van der Waals surface area contributed by atoms with Crippen LogP contribution in [-0.4, -0.2) is 0 Å². The standard InChI is InChI=1S/C57H41N/c1-57(2)54-24-11-9-23-51(54)52-33-30-41(37-55(52)57)39-28-31-45(32-29-39)58(56-25-12-10-20-48(56)44-27-26-38-14-3-4-15-40(38)34-44)46-18-13-17-42(35-46)53-36-43-16-5-6-19-47(43)49-21-7-8-22-50(49)53/h3-37H,1-2H3. The summed E-state index contributed by atoms with van der Waals surface area (Å²) >= 11 is 0. The Morgan fingerprint density at radius 2 is 0.931 bits per heavy atom. The number of hydrogen-bond acceptors (Lipinski definition) is 1. The van der Waals surface area contributed by atoms with Crippen LogP contribution in [0.5, 0.6) is 0 Å². The zero-order valence-corrected chi connectivity index (χ0v) is 32.7. The first-order valence-corrected chi connectivity index (χ1v) is 20.3. The molecule has 0 amide bonds. The normalized spacial score (nSPS) is 12.8. The van der Waals surface area contributed by atoms with Crippen molar-refractivity contribution in [1.29, 1.82) is 0 Å². The van der Waals surface area contributed by atoms with Crippen LogP contribution in [0.4, 0.5) is 17.1 Å². The number of fused-ring (bicyclic) bond motifs is 7. The van der Waals surface area contributed by atoms with Crippen LogP contribution in [0, 0.1) is 0 Å². The van der Waals surface area contributed by atoms with E-state index in [9.17, 15) is 0 Å². The fraction of sp³-hybridized carbons (Fsp3) is 0.0526. The van der Waals surface area contributed by atoms with Gasteiger partial charge in [-0.1, -0.05) is 178 Å². The molecule has 0 bridgehead atoms. The molecule has 0 aromatic heterocycles. The molecule has 0 unspecified atom stereocenters. The summed E-state index contributed by atoms with van der Waals surface area (Å²) in [5, 5.41) is 7.53. The van der Waals surface area contributed by atoms with Crippen molar-refractivity contribution in [3.8, 4) is 44.5 Å². The van der Waals surface area contributed by atoms with Crippen LogP contribution >= 0.6 is 0 Å². The lowest BCUT2D eigenvalue weighted by atomic mass is 9.81. The molecule has 1 nitrogen and oxygen atoms in total. The van der Waals surface area contributed by atoms with Gasteiger partial charge in [0.05, 0.1) is 5.69 Å². The van der Waals surface area contributed by atoms with Gasteiger partial charge in [-0.3, -0.25) is 0 Å². The molecule has 0 radical (unpaired) electrons. The van der Waals surface area contributed by atoms with Crippen molar-refractivity contribution < 1.29 is 0 Å². The van der Waals surface area contributed by atoms with Crippen LogP contribution in [0.2, 0.25) is 0 Å². The minimum absolute atomic E-state index is 0.0491. The van der Waals surface area contributed by atoms with Crippen LogP contribution in [0.3, 0.4) is 0 Å². The van der Waals surface area contributed by atoms with Gasteiger partial charge in [0.25, 0.3) is 0 Å². The summed E-state index contributed by atoms with van der Waals surface area (Å²) in [6.07, 6.45) is 0. The molecule has 10 aromatic rings. The van der Waals surface area contributed by atoms with Crippen LogP contribution in [0.15, 0.2) is 212 Å². The second kappa shape index (κ2) is 13.5. The van der Waals surface area contributed by atoms with E-state index >= 15 is 0 Å². The van der Waals surface area contributed by atoms with E-state index in [1.54, 1.807) is 0 Å². The smallest absolute Gasteiger partial charge is 0.0540 e. The quantitative estimate of drug-likeness (QED) is 0.154. The van der Waals surface area contributed by atoms with Crippen molar-refractivity contribution >= 4 is 49.4 Å². The molecular formula is C57H41N. The van der Waals surface area contributed by atoms with Crippen molar-refractivity contribution in [3.63, 3.8) is 0 Å². The average molecular weight is 740 g/mol. The molecule has 11 rings (SSSR count). The summed E-state index contributed by atoms with van der Waals surface area (Å²) in [5.74, 6) is 0. The van der Waals surface area contributed by atoms with E-state index in [0.717, 1.165) is 17.1 Å². The third kappa shape index (κ3) is 5.54. The Hall–Kier alpha value is -7.22. The van der Waals surface area contributed by atoms with Crippen molar-refractivity contribution in [1.82, 2.24) is 0 Å². The molecule has 0 N–H and O–H groups in total. The van der Waals surface area contributed by atoms with E-state index in [0.29, 0.717) is 0 Å². The van der Waals surface area contributed by atoms with Crippen molar-refractivity contribution in [2.75, 3.05) is 4.90 Å². The second-order valence-electron chi connectivity index (χ2n) is 16.1. The van der Waals surface area contributed by atoms with Gasteiger partial charge in [0, 0.05) is 22.4 Å². The monoisotopic (exact) mass is 739 g/mol. The van der Waals surface area contributed by atoms with Gasteiger partial charge >= 0.3 is 0 Å². The molecule has 0 spiro atoms. The van der Waals surface area contributed by atoms with Gasteiger partial charge in [0.1, 0.15) is 0 Å². The molecule has 274 valence electrons. The van der Waals surface area contributed by atoms with Gasteiger partial charge in [-0.05, 0) is 131 Å². The zero-order chi connectivity index (χ0) is 38.8. The maximum absolute atomic E-state index is 2.43. The molecule has 1 aliphatic carbocycles. The van der Waals surface area contributed by atoms with E-state index in [1.807, 2.05) is 0 Å². The molecule has 0 fully saturated rings. The second-order valence-corrected chi connectivity index (χ2v) is 16.1. The minimum Gasteiger partial charge on any atom is -0.310 e. The first-order chi connectivity index (χ1) is 28.5. The Morgan fingerprint density at radius 3 is 1.78 bits per heavy atom. The molecule has 0 aliphatic heterocycles. The molecule has 0 heterocycles. The highest BCUT2D eigenvalue weighted by atomic mass is 15.1. The van der Waals surface area contributed by atoms with Gasteiger partial charge < -0.3 is 4.90 Å². The van der Waals surface area contributed by atoms with Gasteiger partial charge in [-0.15, -0.1) is 0 Å². The maximum Gasteiger partial charge on any atom is 0.0540 e. The summed E-state index contributed by atoms with van der Waals surface area (Å²) in [6, 6.07) is 78.3. The number of benzene rings is 10. The number of anilines is 3. The number of rotatable bonds is 6. The highest BCUT2D eigenvalue weighted by molar-refractivity contribution is 6.14. The van der Waals surface area contributed by atoms with Crippen LogP contribution in [-0.2, 0) is 5.41 Å². The van der Waals surface area contributed by atoms with Crippen molar-refractivity contribution in [3.05, 3.63) is 223 Å². The van der Waals surface area contributed by atoms with E-state index < -0.39 is 0 Å². The highest BCUT2D eigenvalue weighted by Crippen LogP contribution is 2.50. The fourth-order valence-electron chi connectivity index (χ4n) is 9.49. The largest absolute Gasteiger partial charge is 0.310 e. The Labute approximate surface area is 340 Å². The third-order valence-corrected chi connectivity index (χ3v) is 12.4. The van der Waals surface area contributed by atoms with E-state index in [-0.39, 0.29) is 5.41 Å². The predicted octanol–water partition coefficient (Wildman–Crippen LogP) is 15.9. The third-order valence-electron chi connectivity index (χ3n) is 12.4. The summed E-state index contributed by atoms with van der Waals surface area (Å²) in [4.78, 5) is 2.43. The van der Waals surface area contributed by atoms with E-state index in [4.69, 9.17) is 0 Å².